The summed E-state index contributed by atoms with van der Waals surface area (Å²) in [5, 5.41) is 0.612. The first-order chi connectivity index (χ1) is 13.9. The van der Waals surface area contributed by atoms with Crippen LogP contribution >= 0.6 is 11.6 Å². The highest BCUT2D eigenvalue weighted by Gasteiger charge is 2.46. The summed E-state index contributed by atoms with van der Waals surface area (Å²) in [6.45, 7) is 2.72. The zero-order chi connectivity index (χ0) is 20.4. The van der Waals surface area contributed by atoms with Crippen molar-refractivity contribution in [3.63, 3.8) is 0 Å². The fourth-order valence-electron chi connectivity index (χ4n) is 3.92. The zero-order valence-corrected chi connectivity index (χ0v) is 16.6. The van der Waals surface area contributed by atoms with E-state index in [9.17, 15) is 14.0 Å². The second-order valence-corrected chi connectivity index (χ2v) is 8.15. The largest absolute Gasteiger partial charge is 0.339 e. The standard InChI is InChI=1S/C23H20ClFN2O2/c24-19-6-4-18(5-7-19)22(29)26-13-11-23(12-14-26)15-27(16-23)21(28)10-3-17-1-8-20(25)9-2-17/h1-2,4-9H,11-16H2. The number of hydrogen-bond donors (Lipinski definition) is 0. The average molecular weight is 411 g/mol. The van der Waals surface area contributed by atoms with Gasteiger partial charge in [-0.2, -0.15) is 0 Å². The molecule has 0 N–H and O–H groups in total. The van der Waals surface area contributed by atoms with Crippen molar-refractivity contribution < 1.29 is 14.0 Å². The third-order valence-electron chi connectivity index (χ3n) is 5.70. The lowest BCUT2D eigenvalue weighted by atomic mass is 9.72. The minimum Gasteiger partial charge on any atom is -0.339 e. The van der Waals surface area contributed by atoms with Gasteiger partial charge >= 0.3 is 0 Å². The molecule has 6 heteroatoms. The van der Waals surface area contributed by atoms with Crippen LogP contribution in [-0.4, -0.2) is 47.8 Å². The first kappa shape index (κ1) is 19.5. The Hall–Kier alpha value is -2.84. The topological polar surface area (TPSA) is 40.6 Å². The molecule has 2 amide bonds. The van der Waals surface area contributed by atoms with Crippen LogP contribution in [0.3, 0.4) is 0 Å². The van der Waals surface area contributed by atoms with Crippen LogP contribution in [0.4, 0.5) is 4.39 Å². The van der Waals surface area contributed by atoms with E-state index in [0.717, 1.165) is 12.8 Å². The maximum absolute atomic E-state index is 12.9. The van der Waals surface area contributed by atoms with Crippen molar-refractivity contribution >= 4 is 23.4 Å². The number of carbonyl (C=O) groups is 2. The Morgan fingerprint density at radius 1 is 0.931 bits per heavy atom. The lowest BCUT2D eigenvalue weighted by molar-refractivity contribution is -0.139. The molecule has 0 aromatic heterocycles. The Balaban J connectivity index is 1.29. The SMILES string of the molecule is O=C(C#Cc1ccc(F)cc1)N1CC2(CCN(C(=O)c3ccc(Cl)cc3)CC2)C1. The minimum absolute atomic E-state index is 0.0222. The third-order valence-corrected chi connectivity index (χ3v) is 5.95. The number of amides is 2. The molecule has 29 heavy (non-hydrogen) atoms. The van der Waals surface area contributed by atoms with Crippen molar-refractivity contribution in [2.45, 2.75) is 12.8 Å². The minimum atomic E-state index is -0.326. The molecule has 4 nitrogen and oxygen atoms in total. The highest BCUT2D eigenvalue weighted by atomic mass is 35.5. The first-order valence-corrected chi connectivity index (χ1v) is 9.93. The van der Waals surface area contributed by atoms with Crippen LogP contribution in [0.2, 0.25) is 5.02 Å². The number of benzene rings is 2. The maximum Gasteiger partial charge on any atom is 0.298 e. The number of carbonyl (C=O) groups excluding carboxylic acids is 2. The molecule has 2 fully saturated rings. The number of piperidine rings is 1. The molecule has 0 bridgehead atoms. The second kappa shape index (κ2) is 7.88. The van der Waals surface area contributed by atoms with Gasteiger partial charge in [0.15, 0.2) is 0 Å². The van der Waals surface area contributed by atoms with Gasteiger partial charge in [0.1, 0.15) is 5.82 Å². The van der Waals surface area contributed by atoms with Crippen molar-refractivity contribution in [1.82, 2.24) is 9.80 Å². The molecule has 0 unspecified atom stereocenters. The van der Waals surface area contributed by atoms with Crippen LogP contribution in [0.25, 0.3) is 0 Å². The molecule has 1 spiro atoms. The van der Waals surface area contributed by atoms with E-state index in [-0.39, 0.29) is 23.0 Å². The summed E-state index contributed by atoms with van der Waals surface area (Å²) in [7, 11) is 0. The van der Waals surface area contributed by atoms with Crippen molar-refractivity contribution in [1.29, 1.82) is 0 Å². The zero-order valence-electron chi connectivity index (χ0n) is 15.8. The Morgan fingerprint density at radius 2 is 1.55 bits per heavy atom. The van der Waals surface area contributed by atoms with E-state index in [2.05, 4.69) is 11.8 Å². The summed E-state index contributed by atoms with van der Waals surface area (Å²) in [6.07, 6.45) is 1.75. The highest BCUT2D eigenvalue weighted by Crippen LogP contribution is 2.40. The number of likely N-dealkylation sites (tertiary alicyclic amines) is 2. The maximum atomic E-state index is 12.9. The van der Waals surface area contributed by atoms with E-state index in [1.54, 1.807) is 41.3 Å². The van der Waals surface area contributed by atoms with Gasteiger partial charge in [0, 0.05) is 53.7 Å². The monoisotopic (exact) mass is 410 g/mol. The predicted molar refractivity (Wildman–Crippen MR) is 109 cm³/mol. The molecule has 2 aromatic rings. The van der Waals surface area contributed by atoms with E-state index >= 15 is 0 Å². The summed E-state index contributed by atoms with van der Waals surface area (Å²) in [5.41, 5.74) is 1.35. The summed E-state index contributed by atoms with van der Waals surface area (Å²) in [6, 6.07) is 12.7. The number of hydrogen-bond acceptors (Lipinski definition) is 2. The molecular formula is C23H20ClFN2O2. The lowest BCUT2D eigenvalue weighted by Gasteiger charge is -2.53. The molecule has 2 aliphatic heterocycles. The van der Waals surface area contributed by atoms with Crippen molar-refractivity contribution in [2.75, 3.05) is 26.2 Å². The normalized spacial score (nSPS) is 17.3. The smallest absolute Gasteiger partial charge is 0.298 e. The van der Waals surface area contributed by atoms with Crippen LogP contribution < -0.4 is 0 Å². The first-order valence-electron chi connectivity index (χ1n) is 9.56. The molecule has 0 aliphatic carbocycles. The third kappa shape index (κ3) is 4.28. The Labute approximate surface area is 174 Å². The molecule has 2 aliphatic rings. The molecule has 2 aromatic carbocycles. The molecule has 0 radical (unpaired) electrons. The van der Waals surface area contributed by atoms with Gasteiger partial charge in [-0.3, -0.25) is 9.59 Å². The molecule has 4 rings (SSSR count). The summed E-state index contributed by atoms with van der Waals surface area (Å²) in [5.74, 6) is 4.91. The Bertz CT molecular complexity index is 976. The van der Waals surface area contributed by atoms with E-state index in [1.807, 2.05) is 4.90 Å². The van der Waals surface area contributed by atoms with Gasteiger partial charge in [0.25, 0.3) is 11.8 Å². The van der Waals surface area contributed by atoms with E-state index in [1.165, 1.54) is 12.1 Å². The fraction of sp³-hybridized carbons (Fsp3) is 0.304. The molecule has 0 atom stereocenters. The average Bonchev–Trinajstić information content (AvgIpc) is 2.71. The fourth-order valence-corrected chi connectivity index (χ4v) is 4.05. The number of nitrogens with zero attached hydrogens (tertiary/aromatic N) is 2. The van der Waals surface area contributed by atoms with Gasteiger partial charge in [-0.05, 0) is 61.4 Å². The van der Waals surface area contributed by atoms with Gasteiger partial charge in [0.2, 0.25) is 0 Å². The van der Waals surface area contributed by atoms with Crippen LogP contribution in [0, 0.1) is 23.1 Å². The van der Waals surface area contributed by atoms with Crippen LogP contribution in [0.15, 0.2) is 48.5 Å². The summed E-state index contributed by atoms with van der Waals surface area (Å²) >= 11 is 5.89. The Kier molecular flexibility index (Phi) is 5.29. The van der Waals surface area contributed by atoms with E-state index in [0.29, 0.717) is 42.3 Å². The summed E-state index contributed by atoms with van der Waals surface area (Å²) < 4.78 is 12.9. The molecule has 148 valence electrons. The highest BCUT2D eigenvalue weighted by molar-refractivity contribution is 6.30. The van der Waals surface area contributed by atoms with Crippen molar-refractivity contribution in [3.05, 3.63) is 70.5 Å². The molecular weight excluding hydrogens is 391 g/mol. The lowest BCUT2D eigenvalue weighted by Crippen LogP contribution is -2.62. The van der Waals surface area contributed by atoms with Gasteiger partial charge in [0.05, 0.1) is 0 Å². The quantitative estimate of drug-likeness (QED) is 0.674. The van der Waals surface area contributed by atoms with E-state index in [4.69, 9.17) is 11.6 Å². The number of rotatable bonds is 1. The van der Waals surface area contributed by atoms with Crippen molar-refractivity contribution in [3.8, 4) is 11.8 Å². The molecule has 0 saturated carbocycles. The van der Waals surface area contributed by atoms with Gasteiger partial charge < -0.3 is 9.80 Å². The van der Waals surface area contributed by atoms with Gasteiger partial charge in [-0.15, -0.1) is 0 Å². The van der Waals surface area contributed by atoms with Gasteiger partial charge in [-0.1, -0.05) is 17.5 Å². The number of halogens is 2. The molecule has 2 saturated heterocycles. The van der Waals surface area contributed by atoms with Crippen LogP contribution in [-0.2, 0) is 4.79 Å². The van der Waals surface area contributed by atoms with Crippen molar-refractivity contribution in [2.24, 2.45) is 5.41 Å². The van der Waals surface area contributed by atoms with Gasteiger partial charge in [-0.25, -0.2) is 4.39 Å². The Morgan fingerprint density at radius 3 is 2.17 bits per heavy atom. The molecule has 2 heterocycles. The summed E-state index contributed by atoms with van der Waals surface area (Å²) in [4.78, 5) is 28.5. The van der Waals surface area contributed by atoms with Crippen LogP contribution in [0.1, 0.15) is 28.8 Å². The van der Waals surface area contributed by atoms with E-state index < -0.39 is 0 Å². The van der Waals surface area contributed by atoms with Crippen LogP contribution in [0.5, 0.6) is 0 Å². The predicted octanol–water partition coefficient (Wildman–Crippen LogP) is 3.60. The second-order valence-electron chi connectivity index (χ2n) is 7.72.